The number of hydrogen-bond acceptors (Lipinski definition) is 5. The van der Waals surface area contributed by atoms with Crippen LogP contribution < -0.4 is 15.4 Å². The summed E-state index contributed by atoms with van der Waals surface area (Å²) in [4.78, 5) is 20.6. The van der Waals surface area contributed by atoms with Crippen molar-refractivity contribution in [3.05, 3.63) is 77.2 Å². The molecule has 3 rings (SSSR count). The number of nitrogens with one attached hydrogen (secondary N) is 2. The third-order valence-corrected chi connectivity index (χ3v) is 4.12. The summed E-state index contributed by atoms with van der Waals surface area (Å²) in [7, 11) is 0. The summed E-state index contributed by atoms with van der Waals surface area (Å²) < 4.78 is 5.59. The molecule has 0 spiro atoms. The maximum atomic E-state index is 12.4. The largest absolute Gasteiger partial charge is 0.492 e. The smallest absolute Gasteiger partial charge is 0.270 e. The molecule has 1 heterocycles. The summed E-state index contributed by atoms with van der Waals surface area (Å²) >= 11 is 6.11. The number of halogens is 1. The Morgan fingerprint density at radius 2 is 1.89 bits per heavy atom. The second-order valence-electron chi connectivity index (χ2n) is 5.62. The van der Waals surface area contributed by atoms with Crippen LogP contribution in [0.2, 0.25) is 5.02 Å². The number of aromatic nitrogens is 2. The summed E-state index contributed by atoms with van der Waals surface area (Å²) in [6.07, 6.45) is 1.34. The highest BCUT2D eigenvalue weighted by Gasteiger charge is 2.11. The summed E-state index contributed by atoms with van der Waals surface area (Å²) in [6, 6.07) is 16.5. The van der Waals surface area contributed by atoms with Crippen LogP contribution in [0.25, 0.3) is 0 Å². The van der Waals surface area contributed by atoms with E-state index in [4.69, 9.17) is 16.3 Å². The second-order valence-corrected chi connectivity index (χ2v) is 6.02. The van der Waals surface area contributed by atoms with Gasteiger partial charge in [-0.15, -0.1) is 0 Å². The van der Waals surface area contributed by atoms with Gasteiger partial charge in [0.25, 0.3) is 5.91 Å². The zero-order valence-electron chi connectivity index (χ0n) is 14.8. The van der Waals surface area contributed by atoms with E-state index >= 15 is 0 Å². The Hall–Kier alpha value is -3.12. The molecule has 0 aliphatic rings. The lowest BCUT2D eigenvalue weighted by molar-refractivity contribution is 0.0946. The fraction of sp³-hybridized carbons (Fsp3) is 0.150. The number of carbonyl (C=O) groups excluding carboxylic acids is 1. The van der Waals surface area contributed by atoms with Crippen LogP contribution >= 0.6 is 11.6 Å². The van der Waals surface area contributed by atoms with Gasteiger partial charge in [0.05, 0.1) is 12.3 Å². The van der Waals surface area contributed by atoms with Crippen LogP contribution in [-0.2, 0) is 6.54 Å². The van der Waals surface area contributed by atoms with Gasteiger partial charge < -0.3 is 15.4 Å². The van der Waals surface area contributed by atoms with E-state index in [0.717, 1.165) is 11.3 Å². The Morgan fingerprint density at radius 1 is 1.11 bits per heavy atom. The third kappa shape index (κ3) is 4.95. The van der Waals surface area contributed by atoms with Crippen molar-refractivity contribution < 1.29 is 9.53 Å². The number of nitrogens with zero attached hydrogens (tertiary/aromatic N) is 2. The van der Waals surface area contributed by atoms with E-state index in [2.05, 4.69) is 20.6 Å². The van der Waals surface area contributed by atoms with E-state index in [1.165, 1.54) is 6.33 Å². The molecule has 0 aliphatic carbocycles. The molecule has 1 aromatic heterocycles. The predicted molar refractivity (Wildman–Crippen MR) is 106 cm³/mol. The standard InChI is InChI=1S/C20H19ClN4O2/c1-2-27-18-10-6-5-9-16(18)25-19-11-17(23-13-24-19)20(26)22-12-14-7-3-4-8-15(14)21/h3-11,13H,2,12H2,1H3,(H,22,26)(H,23,24,25). The lowest BCUT2D eigenvalue weighted by atomic mass is 10.2. The van der Waals surface area contributed by atoms with Crippen molar-refractivity contribution in [2.45, 2.75) is 13.5 Å². The molecule has 2 aromatic carbocycles. The zero-order chi connectivity index (χ0) is 19.1. The first-order valence-corrected chi connectivity index (χ1v) is 8.87. The first-order chi connectivity index (χ1) is 13.2. The summed E-state index contributed by atoms with van der Waals surface area (Å²) in [5, 5.41) is 6.58. The van der Waals surface area contributed by atoms with Gasteiger partial charge in [0.15, 0.2) is 0 Å². The molecular weight excluding hydrogens is 364 g/mol. The lowest BCUT2D eigenvalue weighted by Crippen LogP contribution is -2.24. The van der Waals surface area contributed by atoms with Crippen LogP contribution in [0.15, 0.2) is 60.9 Å². The number of benzene rings is 2. The maximum absolute atomic E-state index is 12.4. The van der Waals surface area contributed by atoms with Crippen molar-refractivity contribution in [2.75, 3.05) is 11.9 Å². The SMILES string of the molecule is CCOc1ccccc1Nc1cc(C(=O)NCc2ccccc2Cl)ncn1. The Labute approximate surface area is 162 Å². The Bertz CT molecular complexity index is 933. The molecule has 0 atom stereocenters. The zero-order valence-corrected chi connectivity index (χ0v) is 15.5. The fourth-order valence-electron chi connectivity index (χ4n) is 2.45. The molecule has 138 valence electrons. The second kappa shape index (κ2) is 9.00. The van der Waals surface area contributed by atoms with Crippen molar-refractivity contribution in [3.63, 3.8) is 0 Å². The van der Waals surface area contributed by atoms with E-state index in [1.54, 1.807) is 12.1 Å². The van der Waals surface area contributed by atoms with Gasteiger partial charge in [-0.3, -0.25) is 4.79 Å². The van der Waals surface area contributed by atoms with Crippen molar-refractivity contribution in [3.8, 4) is 5.75 Å². The van der Waals surface area contributed by atoms with E-state index in [9.17, 15) is 4.79 Å². The summed E-state index contributed by atoms with van der Waals surface area (Å²) in [5.74, 6) is 0.904. The minimum Gasteiger partial charge on any atom is -0.492 e. The van der Waals surface area contributed by atoms with Crippen LogP contribution in [0.4, 0.5) is 11.5 Å². The van der Waals surface area contributed by atoms with Crippen LogP contribution in [-0.4, -0.2) is 22.5 Å². The van der Waals surface area contributed by atoms with E-state index in [1.807, 2.05) is 49.4 Å². The molecule has 0 bridgehead atoms. The highest BCUT2D eigenvalue weighted by Crippen LogP contribution is 2.26. The number of carbonyl (C=O) groups is 1. The summed E-state index contributed by atoms with van der Waals surface area (Å²) in [6.45, 7) is 2.79. The summed E-state index contributed by atoms with van der Waals surface area (Å²) in [5.41, 5.74) is 1.86. The molecule has 7 heteroatoms. The van der Waals surface area contributed by atoms with Crippen LogP contribution in [0, 0.1) is 0 Å². The van der Waals surface area contributed by atoms with E-state index in [0.29, 0.717) is 29.7 Å². The van der Waals surface area contributed by atoms with Crippen LogP contribution in [0.3, 0.4) is 0 Å². The van der Waals surface area contributed by atoms with Gasteiger partial charge >= 0.3 is 0 Å². The molecule has 0 saturated heterocycles. The molecule has 0 fully saturated rings. The van der Waals surface area contributed by atoms with Crippen molar-refractivity contribution in [2.24, 2.45) is 0 Å². The van der Waals surface area contributed by atoms with Gasteiger partial charge in [-0.25, -0.2) is 9.97 Å². The Kier molecular flexibility index (Phi) is 6.22. The number of anilines is 2. The molecule has 6 nitrogen and oxygen atoms in total. The lowest BCUT2D eigenvalue weighted by Gasteiger charge is -2.12. The average Bonchev–Trinajstić information content (AvgIpc) is 2.69. The van der Waals surface area contributed by atoms with Crippen molar-refractivity contribution >= 4 is 29.0 Å². The minimum atomic E-state index is -0.307. The first-order valence-electron chi connectivity index (χ1n) is 8.50. The Balaban J connectivity index is 1.70. The molecule has 0 aliphatic heterocycles. The van der Waals surface area contributed by atoms with E-state index in [-0.39, 0.29) is 11.6 Å². The molecular formula is C20H19ClN4O2. The average molecular weight is 383 g/mol. The highest BCUT2D eigenvalue weighted by atomic mass is 35.5. The van der Waals surface area contributed by atoms with Gasteiger partial charge in [-0.2, -0.15) is 0 Å². The first kappa shape index (κ1) is 18.7. The third-order valence-electron chi connectivity index (χ3n) is 3.75. The topological polar surface area (TPSA) is 76.1 Å². The van der Waals surface area contributed by atoms with E-state index < -0.39 is 0 Å². The number of hydrogen-bond donors (Lipinski definition) is 2. The van der Waals surface area contributed by atoms with Crippen molar-refractivity contribution in [1.82, 2.24) is 15.3 Å². The molecule has 27 heavy (non-hydrogen) atoms. The van der Waals surface area contributed by atoms with Crippen molar-refractivity contribution in [1.29, 1.82) is 0 Å². The Morgan fingerprint density at radius 3 is 2.70 bits per heavy atom. The molecule has 1 amide bonds. The molecule has 0 radical (unpaired) electrons. The number of para-hydroxylation sites is 2. The number of amides is 1. The number of rotatable bonds is 7. The maximum Gasteiger partial charge on any atom is 0.270 e. The highest BCUT2D eigenvalue weighted by molar-refractivity contribution is 6.31. The quantitative estimate of drug-likeness (QED) is 0.640. The van der Waals surface area contributed by atoms with Gasteiger partial charge in [-0.05, 0) is 30.7 Å². The van der Waals surface area contributed by atoms with Gasteiger partial charge in [0, 0.05) is 17.6 Å². The molecule has 0 saturated carbocycles. The monoisotopic (exact) mass is 382 g/mol. The van der Waals surface area contributed by atoms with Gasteiger partial charge in [-0.1, -0.05) is 41.9 Å². The van der Waals surface area contributed by atoms with Crippen LogP contribution in [0.5, 0.6) is 5.75 Å². The van der Waals surface area contributed by atoms with Crippen LogP contribution in [0.1, 0.15) is 23.0 Å². The molecule has 3 aromatic rings. The fourth-order valence-corrected chi connectivity index (χ4v) is 2.65. The van der Waals surface area contributed by atoms with Gasteiger partial charge in [0.1, 0.15) is 23.6 Å². The molecule has 2 N–H and O–H groups in total. The normalized spacial score (nSPS) is 10.3. The van der Waals surface area contributed by atoms with Gasteiger partial charge in [0.2, 0.25) is 0 Å². The molecule has 0 unspecified atom stereocenters. The number of ether oxygens (including phenoxy) is 1. The minimum absolute atomic E-state index is 0.258. The predicted octanol–water partition coefficient (Wildman–Crippen LogP) is 4.20.